The van der Waals surface area contributed by atoms with Gasteiger partial charge in [-0.3, -0.25) is 0 Å². The summed E-state index contributed by atoms with van der Waals surface area (Å²) in [6.45, 7) is 0.0571. The number of ether oxygens (including phenoxy) is 2. The van der Waals surface area contributed by atoms with Crippen LogP contribution in [0.5, 0.6) is 11.5 Å². The van der Waals surface area contributed by atoms with Crippen LogP contribution in [0.25, 0.3) is 0 Å². The summed E-state index contributed by atoms with van der Waals surface area (Å²) in [5.74, 6) is 1.30. The lowest BCUT2D eigenvalue weighted by atomic mass is 10.0. The third-order valence-corrected chi connectivity index (χ3v) is 2.27. The highest BCUT2D eigenvalue weighted by Gasteiger charge is 2.14. The molecule has 16 heavy (non-hydrogen) atoms. The average Bonchev–Trinajstić information content (AvgIpc) is 2.28. The van der Waals surface area contributed by atoms with Crippen LogP contribution in [0.1, 0.15) is 18.0 Å². The molecular formula is C11H18ClNO3. The first-order valence-corrected chi connectivity index (χ1v) is 4.82. The highest BCUT2D eigenvalue weighted by molar-refractivity contribution is 5.85. The van der Waals surface area contributed by atoms with E-state index in [1.807, 2.05) is 18.2 Å². The molecule has 0 aliphatic heterocycles. The molecular weight excluding hydrogens is 230 g/mol. The first-order chi connectivity index (χ1) is 7.24. The van der Waals surface area contributed by atoms with Gasteiger partial charge < -0.3 is 20.3 Å². The molecule has 0 radical (unpaired) electrons. The number of hydrogen-bond donors (Lipinski definition) is 2. The fourth-order valence-corrected chi connectivity index (χ4v) is 1.50. The number of rotatable bonds is 5. The van der Waals surface area contributed by atoms with Crippen LogP contribution in [0.4, 0.5) is 0 Å². The Morgan fingerprint density at radius 3 is 2.50 bits per heavy atom. The van der Waals surface area contributed by atoms with Crippen molar-refractivity contribution < 1.29 is 14.6 Å². The van der Waals surface area contributed by atoms with Gasteiger partial charge in [0, 0.05) is 18.2 Å². The van der Waals surface area contributed by atoms with Crippen LogP contribution in [0.15, 0.2) is 18.2 Å². The highest BCUT2D eigenvalue weighted by Crippen LogP contribution is 2.34. The molecule has 0 bridgehead atoms. The van der Waals surface area contributed by atoms with Crippen molar-refractivity contribution in [2.45, 2.75) is 12.5 Å². The molecule has 0 spiro atoms. The number of halogens is 1. The summed E-state index contributed by atoms with van der Waals surface area (Å²) in [4.78, 5) is 0. The number of hydrogen-bond acceptors (Lipinski definition) is 4. The molecule has 3 N–H and O–H groups in total. The van der Waals surface area contributed by atoms with Crippen LogP contribution in [-0.4, -0.2) is 25.9 Å². The standard InChI is InChI=1S/C11H17NO3.ClH/c1-14-10-5-3-4-8(11(10)15-2)9(12)6-7-13;/h3-5,9,13H,6-7,12H2,1-2H3;1H/t9-;/m1./s1. The summed E-state index contributed by atoms with van der Waals surface area (Å²) in [7, 11) is 3.16. The maximum absolute atomic E-state index is 8.84. The number of nitrogens with two attached hydrogens (primary N) is 1. The quantitative estimate of drug-likeness (QED) is 0.828. The molecule has 1 rings (SSSR count). The van der Waals surface area contributed by atoms with E-state index in [0.717, 1.165) is 5.56 Å². The predicted molar refractivity (Wildman–Crippen MR) is 65.4 cm³/mol. The third-order valence-electron chi connectivity index (χ3n) is 2.27. The Bertz CT molecular complexity index is 320. The fraction of sp³-hybridized carbons (Fsp3) is 0.455. The molecule has 92 valence electrons. The molecule has 0 amide bonds. The maximum atomic E-state index is 8.84. The molecule has 0 aliphatic carbocycles. The summed E-state index contributed by atoms with van der Waals surface area (Å²) in [6.07, 6.45) is 0.503. The number of methoxy groups -OCH3 is 2. The van der Waals surface area contributed by atoms with Crippen molar-refractivity contribution in [2.24, 2.45) is 5.73 Å². The van der Waals surface area contributed by atoms with Crippen molar-refractivity contribution in [2.75, 3.05) is 20.8 Å². The minimum Gasteiger partial charge on any atom is -0.493 e. The molecule has 0 fully saturated rings. The van der Waals surface area contributed by atoms with Crippen molar-refractivity contribution in [1.29, 1.82) is 0 Å². The van der Waals surface area contributed by atoms with E-state index in [-0.39, 0.29) is 25.1 Å². The summed E-state index contributed by atoms with van der Waals surface area (Å²) >= 11 is 0. The number of para-hydroxylation sites is 1. The van der Waals surface area contributed by atoms with E-state index in [0.29, 0.717) is 17.9 Å². The summed E-state index contributed by atoms with van der Waals surface area (Å²) in [5.41, 5.74) is 6.76. The van der Waals surface area contributed by atoms with Crippen LogP contribution in [0, 0.1) is 0 Å². The second kappa shape index (κ2) is 7.33. The second-order valence-electron chi connectivity index (χ2n) is 3.20. The van der Waals surface area contributed by atoms with Crippen molar-refractivity contribution in [3.63, 3.8) is 0 Å². The first-order valence-electron chi connectivity index (χ1n) is 4.82. The predicted octanol–water partition coefficient (Wildman–Crippen LogP) is 1.51. The molecule has 1 aromatic carbocycles. The highest BCUT2D eigenvalue weighted by atomic mass is 35.5. The SMILES string of the molecule is COc1cccc([C@H](N)CCO)c1OC.Cl. The molecule has 0 saturated heterocycles. The number of aliphatic hydroxyl groups excluding tert-OH is 1. The molecule has 0 aromatic heterocycles. The minimum absolute atomic E-state index is 0. The Hall–Kier alpha value is -0.970. The maximum Gasteiger partial charge on any atom is 0.165 e. The molecule has 1 aromatic rings. The van der Waals surface area contributed by atoms with E-state index >= 15 is 0 Å². The topological polar surface area (TPSA) is 64.7 Å². The average molecular weight is 248 g/mol. The smallest absolute Gasteiger partial charge is 0.165 e. The van der Waals surface area contributed by atoms with E-state index in [9.17, 15) is 0 Å². The van der Waals surface area contributed by atoms with Crippen LogP contribution < -0.4 is 15.2 Å². The van der Waals surface area contributed by atoms with E-state index in [1.165, 1.54) is 0 Å². The van der Waals surface area contributed by atoms with Gasteiger partial charge in [-0.15, -0.1) is 12.4 Å². The molecule has 5 heteroatoms. The van der Waals surface area contributed by atoms with Gasteiger partial charge in [0.05, 0.1) is 14.2 Å². The van der Waals surface area contributed by atoms with Gasteiger partial charge in [0.1, 0.15) is 0 Å². The van der Waals surface area contributed by atoms with Crippen LogP contribution in [-0.2, 0) is 0 Å². The molecule has 0 saturated carbocycles. The lowest BCUT2D eigenvalue weighted by molar-refractivity contribution is 0.274. The van der Waals surface area contributed by atoms with Gasteiger partial charge in [0.15, 0.2) is 11.5 Å². The second-order valence-corrected chi connectivity index (χ2v) is 3.20. The fourth-order valence-electron chi connectivity index (χ4n) is 1.50. The normalized spacial score (nSPS) is 11.5. The van der Waals surface area contributed by atoms with E-state index in [2.05, 4.69) is 0 Å². The first kappa shape index (κ1) is 15.0. The van der Waals surface area contributed by atoms with Crippen molar-refractivity contribution in [3.05, 3.63) is 23.8 Å². The summed E-state index contributed by atoms with van der Waals surface area (Å²) < 4.78 is 10.4. The Kier molecular flexibility index (Phi) is 6.88. The van der Waals surface area contributed by atoms with Crippen molar-refractivity contribution in [3.8, 4) is 11.5 Å². The third kappa shape index (κ3) is 3.27. The Labute approximate surface area is 102 Å². The molecule has 0 unspecified atom stereocenters. The van der Waals surface area contributed by atoms with Gasteiger partial charge in [0.25, 0.3) is 0 Å². The Morgan fingerprint density at radius 2 is 2.00 bits per heavy atom. The van der Waals surface area contributed by atoms with E-state index in [4.69, 9.17) is 20.3 Å². The summed E-state index contributed by atoms with van der Waals surface area (Å²) in [5, 5.41) is 8.84. The van der Waals surface area contributed by atoms with Crippen molar-refractivity contribution >= 4 is 12.4 Å². The van der Waals surface area contributed by atoms with Crippen LogP contribution >= 0.6 is 12.4 Å². The van der Waals surface area contributed by atoms with Gasteiger partial charge in [-0.1, -0.05) is 12.1 Å². The van der Waals surface area contributed by atoms with Crippen LogP contribution in [0.3, 0.4) is 0 Å². The lowest BCUT2D eigenvalue weighted by Crippen LogP contribution is -2.13. The van der Waals surface area contributed by atoms with Gasteiger partial charge in [-0.25, -0.2) is 0 Å². The zero-order valence-corrected chi connectivity index (χ0v) is 10.3. The number of benzene rings is 1. The molecule has 1 atom stereocenters. The number of aliphatic hydroxyl groups is 1. The van der Waals surface area contributed by atoms with Gasteiger partial charge in [-0.05, 0) is 12.5 Å². The van der Waals surface area contributed by atoms with Crippen molar-refractivity contribution in [1.82, 2.24) is 0 Å². The Balaban J connectivity index is 0.00000225. The zero-order chi connectivity index (χ0) is 11.3. The monoisotopic (exact) mass is 247 g/mol. The van der Waals surface area contributed by atoms with Gasteiger partial charge >= 0.3 is 0 Å². The molecule has 0 heterocycles. The van der Waals surface area contributed by atoms with Crippen LogP contribution in [0.2, 0.25) is 0 Å². The van der Waals surface area contributed by atoms with E-state index in [1.54, 1.807) is 14.2 Å². The van der Waals surface area contributed by atoms with E-state index < -0.39 is 0 Å². The van der Waals surface area contributed by atoms with Gasteiger partial charge in [-0.2, -0.15) is 0 Å². The molecule has 4 nitrogen and oxygen atoms in total. The molecule has 0 aliphatic rings. The lowest BCUT2D eigenvalue weighted by Gasteiger charge is -2.16. The zero-order valence-electron chi connectivity index (χ0n) is 9.47. The minimum atomic E-state index is -0.236. The summed E-state index contributed by atoms with van der Waals surface area (Å²) in [6, 6.07) is 5.31. The van der Waals surface area contributed by atoms with Gasteiger partial charge in [0.2, 0.25) is 0 Å². The Morgan fingerprint density at radius 1 is 1.31 bits per heavy atom. The largest absolute Gasteiger partial charge is 0.493 e.